The van der Waals surface area contributed by atoms with Crippen LogP contribution in [0.25, 0.3) is 0 Å². The third-order valence-corrected chi connectivity index (χ3v) is 2.58. The zero-order valence-corrected chi connectivity index (χ0v) is 9.42. The van der Waals surface area contributed by atoms with Crippen molar-refractivity contribution in [3.63, 3.8) is 0 Å². The van der Waals surface area contributed by atoms with Gasteiger partial charge in [0.1, 0.15) is 0 Å². The van der Waals surface area contributed by atoms with Crippen molar-refractivity contribution < 1.29 is 5.11 Å². The zero-order valence-electron chi connectivity index (χ0n) is 9.42. The van der Waals surface area contributed by atoms with Crippen molar-refractivity contribution in [2.45, 2.75) is 39.0 Å². The molecule has 0 aliphatic rings. The predicted molar refractivity (Wildman–Crippen MR) is 57.9 cm³/mol. The number of aliphatic hydroxyl groups is 1. The van der Waals surface area contributed by atoms with E-state index in [1.807, 2.05) is 0 Å². The lowest BCUT2D eigenvalue weighted by molar-refractivity contribution is 0.245. The van der Waals surface area contributed by atoms with Gasteiger partial charge in [-0.05, 0) is 39.4 Å². The van der Waals surface area contributed by atoms with Crippen LogP contribution in [0.5, 0.6) is 0 Å². The third kappa shape index (κ3) is 8.26. The molecule has 0 bridgehead atoms. The van der Waals surface area contributed by atoms with Crippen molar-refractivity contribution >= 4 is 0 Å². The highest BCUT2D eigenvalue weighted by molar-refractivity contribution is 4.57. The zero-order chi connectivity index (χ0) is 10.1. The molecular weight excluding hydrogens is 162 g/mol. The Kier molecular flexibility index (Phi) is 8.46. The molecule has 0 aromatic rings. The highest BCUT2D eigenvalue weighted by Crippen LogP contribution is 2.15. The van der Waals surface area contributed by atoms with E-state index < -0.39 is 0 Å². The van der Waals surface area contributed by atoms with E-state index in [9.17, 15) is 0 Å². The molecule has 0 aliphatic carbocycles. The van der Waals surface area contributed by atoms with E-state index in [0.29, 0.717) is 6.61 Å². The van der Waals surface area contributed by atoms with E-state index in [0.717, 1.165) is 12.3 Å². The average Bonchev–Trinajstić information content (AvgIpc) is 2.10. The first-order chi connectivity index (χ1) is 6.20. The summed E-state index contributed by atoms with van der Waals surface area (Å²) < 4.78 is 0. The van der Waals surface area contributed by atoms with E-state index >= 15 is 0 Å². The lowest BCUT2D eigenvalue weighted by atomic mass is 9.96. The van der Waals surface area contributed by atoms with Crippen LogP contribution >= 0.6 is 0 Å². The van der Waals surface area contributed by atoms with Gasteiger partial charge >= 0.3 is 0 Å². The number of aliphatic hydroxyl groups excluding tert-OH is 1. The standard InChI is InChI=1S/C11H25NO/c1-4-11(8-10-13)7-5-6-9-12(2)3/h11,13H,4-10H2,1-3H3/t11-/m1/s1. The Balaban J connectivity index is 3.27. The molecule has 0 heterocycles. The Morgan fingerprint density at radius 1 is 1.15 bits per heavy atom. The van der Waals surface area contributed by atoms with Gasteiger partial charge in [-0.2, -0.15) is 0 Å². The Bertz CT molecular complexity index is 104. The maximum Gasteiger partial charge on any atom is 0.0433 e. The summed E-state index contributed by atoms with van der Waals surface area (Å²) in [5.74, 6) is 0.743. The molecule has 0 fully saturated rings. The fourth-order valence-electron chi connectivity index (χ4n) is 1.60. The Morgan fingerprint density at radius 2 is 1.85 bits per heavy atom. The Hall–Kier alpha value is -0.0800. The van der Waals surface area contributed by atoms with Gasteiger partial charge in [-0.25, -0.2) is 0 Å². The fourth-order valence-corrected chi connectivity index (χ4v) is 1.60. The van der Waals surface area contributed by atoms with Crippen molar-refractivity contribution in [3.8, 4) is 0 Å². The van der Waals surface area contributed by atoms with Gasteiger partial charge in [-0.3, -0.25) is 0 Å². The molecule has 2 heteroatoms. The Morgan fingerprint density at radius 3 is 2.31 bits per heavy atom. The van der Waals surface area contributed by atoms with Crippen LogP contribution in [0.4, 0.5) is 0 Å². The summed E-state index contributed by atoms with van der Waals surface area (Å²) in [7, 11) is 4.23. The number of hydrogen-bond donors (Lipinski definition) is 1. The molecule has 1 N–H and O–H groups in total. The molecule has 0 amide bonds. The summed E-state index contributed by atoms with van der Waals surface area (Å²) in [6.07, 6.45) is 6.07. The fraction of sp³-hybridized carbons (Fsp3) is 1.00. The largest absolute Gasteiger partial charge is 0.396 e. The summed E-state index contributed by atoms with van der Waals surface area (Å²) in [6.45, 7) is 3.76. The molecule has 1 atom stereocenters. The van der Waals surface area contributed by atoms with Crippen LogP contribution in [0.15, 0.2) is 0 Å². The van der Waals surface area contributed by atoms with Crippen LogP contribution in [0.3, 0.4) is 0 Å². The van der Waals surface area contributed by atoms with Gasteiger partial charge in [0.2, 0.25) is 0 Å². The smallest absolute Gasteiger partial charge is 0.0433 e. The van der Waals surface area contributed by atoms with Gasteiger partial charge in [0, 0.05) is 6.61 Å². The molecule has 13 heavy (non-hydrogen) atoms. The van der Waals surface area contributed by atoms with E-state index in [4.69, 9.17) is 5.11 Å². The van der Waals surface area contributed by atoms with Crippen LogP contribution in [-0.2, 0) is 0 Å². The highest BCUT2D eigenvalue weighted by atomic mass is 16.3. The van der Waals surface area contributed by atoms with Crippen LogP contribution in [0, 0.1) is 5.92 Å². The predicted octanol–water partition coefficient (Wildman–Crippen LogP) is 2.13. The number of hydrogen-bond acceptors (Lipinski definition) is 2. The van der Waals surface area contributed by atoms with Gasteiger partial charge in [0.05, 0.1) is 0 Å². The lowest BCUT2D eigenvalue weighted by Gasteiger charge is -2.14. The van der Waals surface area contributed by atoms with Gasteiger partial charge in [-0.1, -0.05) is 26.2 Å². The van der Waals surface area contributed by atoms with Crippen molar-refractivity contribution in [1.82, 2.24) is 4.90 Å². The van der Waals surface area contributed by atoms with E-state index in [1.54, 1.807) is 0 Å². The van der Waals surface area contributed by atoms with Crippen LogP contribution in [0.1, 0.15) is 39.0 Å². The summed E-state index contributed by atoms with van der Waals surface area (Å²) in [6, 6.07) is 0. The summed E-state index contributed by atoms with van der Waals surface area (Å²) >= 11 is 0. The molecule has 2 nitrogen and oxygen atoms in total. The first-order valence-corrected chi connectivity index (χ1v) is 5.46. The average molecular weight is 187 g/mol. The molecule has 0 saturated carbocycles. The number of unbranched alkanes of at least 4 members (excludes halogenated alkanes) is 1. The molecule has 0 saturated heterocycles. The summed E-state index contributed by atoms with van der Waals surface area (Å²) in [5, 5.41) is 8.80. The Labute approximate surface area is 82.9 Å². The van der Waals surface area contributed by atoms with E-state index in [-0.39, 0.29) is 0 Å². The minimum atomic E-state index is 0.353. The maximum absolute atomic E-state index is 8.80. The van der Waals surface area contributed by atoms with Crippen molar-refractivity contribution in [2.24, 2.45) is 5.92 Å². The molecular formula is C11H25NO. The van der Waals surface area contributed by atoms with E-state index in [1.165, 1.54) is 32.2 Å². The molecule has 0 rings (SSSR count). The summed E-state index contributed by atoms with van der Waals surface area (Å²) in [4.78, 5) is 2.23. The van der Waals surface area contributed by atoms with Gasteiger partial charge < -0.3 is 10.0 Å². The molecule has 0 aromatic heterocycles. The second-order valence-corrected chi connectivity index (χ2v) is 4.09. The maximum atomic E-state index is 8.80. The number of nitrogens with zero attached hydrogens (tertiary/aromatic N) is 1. The molecule has 0 aliphatic heterocycles. The van der Waals surface area contributed by atoms with Crippen LogP contribution in [-0.4, -0.2) is 37.3 Å². The SMILES string of the molecule is CC[C@@H](CCO)CCCCN(C)C. The van der Waals surface area contributed by atoms with Crippen LogP contribution in [0.2, 0.25) is 0 Å². The van der Waals surface area contributed by atoms with Crippen molar-refractivity contribution in [2.75, 3.05) is 27.2 Å². The lowest BCUT2D eigenvalue weighted by Crippen LogP contribution is -2.13. The minimum Gasteiger partial charge on any atom is -0.396 e. The second-order valence-electron chi connectivity index (χ2n) is 4.09. The van der Waals surface area contributed by atoms with Crippen molar-refractivity contribution in [1.29, 1.82) is 0 Å². The molecule has 0 unspecified atom stereocenters. The first-order valence-electron chi connectivity index (χ1n) is 5.46. The minimum absolute atomic E-state index is 0.353. The monoisotopic (exact) mass is 187 g/mol. The van der Waals surface area contributed by atoms with Gasteiger partial charge in [-0.15, -0.1) is 0 Å². The normalized spacial score (nSPS) is 13.6. The quantitative estimate of drug-likeness (QED) is 0.588. The highest BCUT2D eigenvalue weighted by Gasteiger charge is 2.04. The van der Waals surface area contributed by atoms with Crippen LogP contribution < -0.4 is 0 Å². The molecule has 80 valence electrons. The third-order valence-electron chi connectivity index (χ3n) is 2.58. The summed E-state index contributed by atoms with van der Waals surface area (Å²) in [5.41, 5.74) is 0. The second kappa shape index (κ2) is 8.52. The molecule has 0 aromatic carbocycles. The molecule has 0 radical (unpaired) electrons. The van der Waals surface area contributed by atoms with Crippen molar-refractivity contribution in [3.05, 3.63) is 0 Å². The van der Waals surface area contributed by atoms with Gasteiger partial charge in [0.15, 0.2) is 0 Å². The molecule has 0 spiro atoms. The first kappa shape index (κ1) is 12.9. The van der Waals surface area contributed by atoms with E-state index in [2.05, 4.69) is 25.9 Å². The topological polar surface area (TPSA) is 23.5 Å². The number of rotatable bonds is 8. The van der Waals surface area contributed by atoms with Gasteiger partial charge in [0.25, 0.3) is 0 Å².